The first kappa shape index (κ1) is 68.5. The molecule has 8 nitrogen and oxygen atoms in total. The summed E-state index contributed by atoms with van der Waals surface area (Å²) in [5, 5.41) is 13.9. The quantitative estimate of drug-likeness (QED) is 0.0272. The largest absolute Gasteiger partial charge is 0.756 e. The SMILES string of the molecule is CCCCCCCCCC/C=C\CCCCCCCCCCCC(=O)NC(COP(=O)([O-])OCC[N+](C)(C)C)C(O)/C=C/CC/C=C/CC/C=C/CCCCCCCCCCCCCCCCCCC. The molecule has 0 heterocycles. The van der Waals surface area contributed by atoms with E-state index in [-0.39, 0.29) is 12.5 Å². The number of carbonyl (C=O) groups is 1. The Morgan fingerprint density at radius 1 is 0.486 bits per heavy atom. The summed E-state index contributed by atoms with van der Waals surface area (Å²) < 4.78 is 23.3. The fourth-order valence-corrected chi connectivity index (χ4v) is 9.49. The van der Waals surface area contributed by atoms with Crippen LogP contribution in [-0.2, 0) is 18.4 Å². The number of aliphatic hydroxyl groups is 1. The van der Waals surface area contributed by atoms with Gasteiger partial charge in [-0.2, -0.15) is 0 Å². The number of nitrogens with one attached hydrogen (secondary N) is 1. The Kier molecular flexibility index (Phi) is 51.2. The molecule has 0 aromatic rings. The third-order valence-corrected chi connectivity index (χ3v) is 14.5. The van der Waals surface area contributed by atoms with Crippen molar-refractivity contribution in [2.75, 3.05) is 40.9 Å². The molecule has 9 heteroatoms. The van der Waals surface area contributed by atoms with Crippen LogP contribution in [0.4, 0.5) is 0 Å². The van der Waals surface area contributed by atoms with Crippen LogP contribution < -0.4 is 10.2 Å². The molecular weight excluding hydrogens is 888 g/mol. The van der Waals surface area contributed by atoms with Crippen molar-refractivity contribution >= 4 is 13.7 Å². The number of aliphatic hydroxyl groups excluding tert-OH is 1. The Morgan fingerprint density at radius 3 is 1.16 bits per heavy atom. The van der Waals surface area contributed by atoms with Crippen LogP contribution in [0, 0.1) is 0 Å². The van der Waals surface area contributed by atoms with Gasteiger partial charge in [-0.3, -0.25) is 9.36 Å². The van der Waals surface area contributed by atoms with Gasteiger partial charge in [0.05, 0.1) is 39.9 Å². The minimum Gasteiger partial charge on any atom is -0.756 e. The highest BCUT2D eigenvalue weighted by Gasteiger charge is 2.23. The second kappa shape index (κ2) is 52.3. The van der Waals surface area contributed by atoms with E-state index in [2.05, 4.69) is 55.6 Å². The second-order valence-electron chi connectivity index (χ2n) is 21.7. The van der Waals surface area contributed by atoms with Crippen LogP contribution in [0.15, 0.2) is 48.6 Å². The molecule has 0 aliphatic heterocycles. The highest BCUT2D eigenvalue weighted by molar-refractivity contribution is 7.45. The van der Waals surface area contributed by atoms with Crippen molar-refractivity contribution in [3.63, 3.8) is 0 Å². The van der Waals surface area contributed by atoms with E-state index in [1.165, 1.54) is 218 Å². The number of hydrogen-bond acceptors (Lipinski definition) is 6. The highest BCUT2D eigenvalue weighted by atomic mass is 31.2. The molecule has 0 aromatic heterocycles. The smallest absolute Gasteiger partial charge is 0.268 e. The molecule has 0 aliphatic carbocycles. The molecule has 0 aromatic carbocycles. The summed E-state index contributed by atoms with van der Waals surface area (Å²) >= 11 is 0. The minimum atomic E-state index is -4.61. The average molecular weight is 1010 g/mol. The van der Waals surface area contributed by atoms with E-state index in [0.29, 0.717) is 17.4 Å². The van der Waals surface area contributed by atoms with Crippen molar-refractivity contribution in [3.05, 3.63) is 48.6 Å². The molecule has 0 spiro atoms. The number of rotatable bonds is 55. The zero-order chi connectivity index (χ0) is 51.3. The van der Waals surface area contributed by atoms with E-state index >= 15 is 0 Å². The van der Waals surface area contributed by atoms with Gasteiger partial charge in [0.15, 0.2) is 0 Å². The van der Waals surface area contributed by atoms with E-state index in [4.69, 9.17) is 9.05 Å². The van der Waals surface area contributed by atoms with E-state index in [9.17, 15) is 19.4 Å². The van der Waals surface area contributed by atoms with Crippen molar-refractivity contribution in [3.8, 4) is 0 Å². The van der Waals surface area contributed by atoms with Crippen LogP contribution >= 0.6 is 7.82 Å². The van der Waals surface area contributed by atoms with Crippen LogP contribution in [-0.4, -0.2) is 68.5 Å². The van der Waals surface area contributed by atoms with Crippen molar-refractivity contribution in [2.24, 2.45) is 0 Å². The number of quaternary nitrogens is 1. The summed E-state index contributed by atoms with van der Waals surface area (Å²) in [5.74, 6) is -0.211. The molecule has 70 heavy (non-hydrogen) atoms. The standard InChI is InChI=1S/C61H117N2O6P/c1-6-8-10-12-14-16-18-20-22-24-26-28-29-30-31-32-33-35-36-38-40-42-44-46-48-50-52-54-60(64)59(58-69-70(66,67)68-57-56-63(3,4)5)62-61(65)55-53-51-49-47-45-43-41-39-37-34-27-25-23-21-19-17-15-13-11-9-7-2/h25,27,36,38,44,46,52,54,59-60,64H,6-24,26,28-35,37,39-43,45,47-51,53,55-58H2,1-5H3,(H-,62,65,66,67)/b27-25-,38-36+,46-44+,54-52+. The van der Waals surface area contributed by atoms with E-state index in [0.717, 1.165) is 44.9 Å². The number of amides is 1. The molecule has 0 saturated carbocycles. The summed E-state index contributed by atoms with van der Waals surface area (Å²) in [5.41, 5.74) is 0. The van der Waals surface area contributed by atoms with Gasteiger partial charge < -0.3 is 28.8 Å². The van der Waals surface area contributed by atoms with E-state index in [1.807, 2.05) is 27.2 Å². The van der Waals surface area contributed by atoms with Gasteiger partial charge >= 0.3 is 0 Å². The number of nitrogens with zero attached hydrogens (tertiary/aromatic N) is 1. The molecule has 3 unspecified atom stereocenters. The van der Waals surface area contributed by atoms with Crippen LogP contribution in [0.5, 0.6) is 0 Å². The third-order valence-electron chi connectivity index (χ3n) is 13.5. The first-order valence-electron chi connectivity index (χ1n) is 30.0. The van der Waals surface area contributed by atoms with Gasteiger partial charge in [-0.25, -0.2) is 0 Å². The number of allylic oxidation sites excluding steroid dienone is 7. The lowest BCUT2D eigenvalue weighted by atomic mass is 10.0. The number of unbranched alkanes of at least 4 members (excludes halogenated alkanes) is 36. The molecule has 0 rings (SSSR count). The zero-order valence-electron chi connectivity index (χ0n) is 47.0. The molecule has 0 bridgehead atoms. The minimum absolute atomic E-state index is 0.00967. The Balaban J connectivity index is 4.26. The first-order chi connectivity index (χ1) is 34.0. The summed E-state index contributed by atoms with van der Waals surface area (Å²) in [6.07, 6.45) is 69.2. The molecule has 1 amide bonds. The van der Waals surface area contributed by atoms with E-state index < -0.39 is 26.6 Å². The summed E-state index contributed by atoms with van der Waals surface area (Å²) in [4.78, 5) is 25.5. The lowest BCUT2D eigenvalue weighted by Gasteiger charge is -2.29. The number of carbonyl (C=O) groups excluding carboxylic acids is 1. The number of hydrogen-bond donors (Lipinski definition) is 2. The number of phosphoric acid groups is 1. The van der Waals surface area contributed by atoms with Gasteiger partial charge in [0, 0.05) is 6.42 Å². The molecule has 0 aliphatic rings. The van der Waals surface area contributed by atoms with Crippen LogP contribution in [0.1, 0.15) is 284 Å². The van der Waals surface area contributed by atoms with Gasteiger partial charge in [-0.05, 0) is 70.6 Å². The van der Waals surface area contributed by atoms with Gasteiger partial charge in [0.1, 0.15) is 13.2 Å². The molecule has 0 radical (unpaired) electrons. The molecule has 2 N–H and O–H groups in total. The maximum atomic E-state index is 13.0. The Bertz CT molecular complexity index is 1280. The van der Waals surface area contributed by atoms with Crippen LogP contribution in [0.2, 0.25) is 0 Å². The van der Waals surface area contributed by atoms with Crippen LogP contribution in [0.3, 0.4) is 0 Å². The summed E-state index contributed by atoms with van der Waals surface area (Å²) in [6.45, 7) is 4.65. The van der Waals surface area contributed by atoms with Gasteiger partial charge in [0.25, 0.3) is 7.82 Å². The number of phosphoric ester groups is 1. The predicted molar refractivity (Wildman–Crippen MR) is 302 cm³/mol. The monoisotopic (exact) mass is 1000 g/mol. The molecule has 3 atom stereocenters. The first-order valence-corrected chi connectivity index (χ1v) is 31.5. The fourth-order valence-electron chi connectivity index (χ4n) is 8.77. The normalized spacial score (nSPS) is 14.2. The molecular formula is C61H117N2O6P. The Hall–Kier alpha value is -1.54. The molecule has 0 fully saturated rings. The zero-order valence-corrected chi connectivity index (χ0v) is 47.9. The lowest BCUT2D eigenvalue weighted by molar-refractivity contribution is -0.870. The highest BCUT2D eigenvalue weighted by Crippen LogP contribution is 2.38. The summed E-state index contributed by atoms with van der Waals surface area (Å²) in [6, 6.07) is -0.912. The Morgan fingerprint density at radius 2 is 0.800 bits per heavy atom. The van der Waals surface area contributed by atoms with Gasteiger partial charge in [-0.15, -0.1) is 0 Å². The van der Waals surface area contributed by atoms with Crippen molar-refractivity contribution in [1.82, 2.24) is 5.32 Å². The van der Waals surface area contributed by atoms with Crippen molar-refractivity contribution < 1.29 is 32.9 Å². The third kappa shape index (κ3) is 54.2. The maximum absolute atomic E-state index is 13.0. The second-order valence-corrected chi connectivity index (χ2v) is 23.1. The van der Waals surface area contributed by atoms with Gasteiger partial charge in [0.2, 0.25) is 5.91 Å². The maximum Gasteiger partial charge on any atom is 0.268 e. The predicted octanol–water partition coefficient (Wildman–Crippen LogP) is 17.7. The van der Waals surface area contributed by atoms with Gasteiger partial charge in [-0.1, -0.05) is 255 Å². The summed E-state index contributed by atoms with van der Waals surface area (Å²) in [7, 11) is 1.24. The van der Waals surface area contributed by atoms with E-state index in [1.54, 1.807) is 6.08 Å². The van der Waals surface area contributed by atoms with Crippen LogP contribution in [0.25, 0.3) is 0 Å². The number of likely N-dealkylation sites (N-methyl/N-ethyl adjacent to an activating group) is 1. The molecule has 412 valence electrons. The Labute approximate surface area is 435 Å². The molecule has 0 saturated heterocycles. The van der Waals surface area contributed by atoms with Crippen molar-refractivity contribution in [2.45, 2.75) is 296 Å². The topological polar surface area (TPSA) is 108 Å². The van der Waals surface area contributed by atoms with Crippen molar-refractivity contribution in [1.29, 1.82) is 0 Å². The average Bonchev–Trinajstić information content (AvgIpc) is 3.32. The fraction of sp³-hybridized carbons (Fsp3) is 0.852. The lowest BCUT2D eigenvalue weighted by Crippen LogP contribution is -2.45.